The molecule has 0 unspecified atom stereocenters. The second-order valence-electron chi connectivity index (χ2n) is 7.75. The summed E-state index contributed by atoms with van der Waals surface area (Å²) in [6, 6.07) is 6.19. The average molecular weight is 396 g/mol. The molecule has 1 aliphatic carbocycles. The Labute approximate surface area is 168 Å². The topological polar surface area (TPSA) is 54.3 Å². The van der Waals surface area contributed by atoms with Crippen molar-refractivity contribution in [2.24, 2.45) is 0 Å². The highest BCUT2D eigenvalue weighted by atomic mass is 32.1. The Bertz CT molecular complexity index is 1060. The van der Waals surface area contributed by atoms with E-state index < -0.39 is 0 Å². The molecule has 0 saturated carbocycles. The first kappa shape index (κ1) is 17.8. The van der Waals surface area contributed by atoms with E-state index in [4.69, 9.17) is 0 Å². The number of aryl methyl sites for hydroxylation is 3. The van der Waals surface area contributed by atoms with Crippen molar-refractivity contribution in [1.82, 2.24) is 19.4 Å². The SMILES string of the molecule is Cc1cccc(N2CCN(CCn3cnc4sc5c(c4c3=O)CCC5)CC2)n1. The van der Waals surface area contributed by atoms with Gasteiger partial charge in [0.25, 0.3) is 5.56 Å². The summed E-state index contributed by atoms with van der Waals surface area (Å²) >= 11 is 1.71. The lowest BCUT2D eigenvalue weighted by Crippen LogP contribution is -2.47. The lowest BCUT2D eigenvalue weighted by Gasteiger charge is -2.35. The van der Waals surface area contributed by atoms with Crippen molar-refractivity contribution in [3.63, 3.8) is 0 Å². The van der Waals surface area contributed by atoms with E-state index in [0.29, 0.717) is 6.54 Å². The minimum Gasteiger partial charge on any atom is -0.354 e. The summed E-state index contributed by atoms with van der Waals surface area (Å²) in [5, 5.41) is 0.885. The van der Waals surface area contributed by atoms with E-state index in [1.165, 1.54) is 16.9 Å². The molecule has 1 aliphatic heterocycles. The molecule has 0 spiro atoms. The zero-order valence-corrected chi connectivity index (χ0v) is 17.0. The van der Waals surface area contributed by atoms with Gasteiger partial charge in [-0.1, -0.05) is 6.07 Å². The van der Waals surface area contributed by atoms with Crippen LogP contribution in [-0.4, -0.2) is 52.2 Å². The average Bonchev–Trinajstić information content (AvgIpc) is 3.29. The Morgan fingerprint density at radius 2 is 1.96 bits per heavy atom. The monoisotopic (exact) mass is 395 g/mol. The minimum atomic E-state index is 0.145. The van der Waals surface area contributed by atoms with Crippen LogP contribution in [0.25, 0.3) is 10.2 Å². The van der Waals surface area contributed by atoms with Crippen LogP contribution in [0.4, 0.5) is 5.82 Å². The molecule has 6 nitrogen and oxygen atoms in total. The third kappa shape index (κ3) is 3.22. The highest BCUT2D eigenvalue weighted by molar-refractivity contribution is 7.18. The van der Waals surface area contributed by atoms with Crippen LogP contribution in [-0.2, 0) is 19.4 Å². The summed E-state index contributed by atoms with van der Waals surface area (Å²) in [5.74, 6) is 1.07. The lowest BCUT2D eigenvalue weighted by atomic mass is 10.2. The number of piperazine rings is 1. The van der Waals surface area contributed by atoms with Crippen molar-refractivity contribution in [3.8, 4) is 0 Å². The molecular formula is C21H25N5OS. The Balaban J connectivity index is 1.24. The van der Waals surface area contributed by atoms with Crippen LogP contribution in [0.1, 0.15) is 22.6 Å². The number of aromatic nitrogens is 3. The Morgan fingerprint density at radius 3 is 2.79 bits per heavy atom. The van der Waals surface area contributed by atoms with Gasteiger partial charge in [0.2, 0.25) is 0 Å². The number of hydrogen-bond acceptors (Lipinski definition) is 6. The van der Waals surface area contributed by atoms with Crippen molar-refractivity contribution < 1.29 is 0 Å². The molecule has 3 aromatic rings. The van der Waals surface area contributed by atoms with E-state index in [2.05, 4.69) is 31.9 Å². The highest BCUT2D eigenvalue weighted by Gasteiger charge is 2.22. The molecule has 2 aliphatic rings. The predicted octanol–water partition coefficient (Wildman–Crippen LogP) is 2.47. The molecule has 5 rings (SSSR count). The van der Waals surface area contributed by atoms with E-state index in [9.17, 15) is 4.79 Å². The van der Waals surface area contributed by atoms with Crippen molar-refractivity contribution in [2.45, 2.75) is 32.7 Å². The molecule has 0 N–H and O–H groups in total. The van der Waals surface area contributed by atoms with Gasteiger partial charge in [0.05, 0.1) is 11.7 Å². The number of anilines is 1. The van der Waals surface area contributed by atoms with Gasteiger partial charge in [-0.15, -0.1) is 11.3 Å². The van der Waals surface area contributed by atoms with Gasteiger partial charge in [-0.3, -0.25) is 14.3 Å². The van der Waals surface area contributed by atoms with E-state index in [0.717, 1.165) is 67.3 Å². The molecule has 0 aromatic carbocycles. The van der Waals surface area contributed by atoms with Crippen LogP contribution in [0, 0.1) is 6.92 Å². The van der Waals surface area contributed by atoms with E-state index in [-0.39, 0.29) is 5.56 Å². The van der Waals surface area contributed by atoms with Gasteiger partial charge >= 0.3 is 0 Å². The van der Waals surface area contributed by atoms with Crippen LogP contribution in [0.5, 0.6) is 0 Å². The number of hydrogen-bond donors (Lipinski definition) is 0. The molecule has 4 heterocycles. The second kappa shape index (κ2) is 7.29. The Hall–Kier alpha value is -2.25. The van der Waals surface area contributed by atoms with Crippen LogP contribution in [0.15, 0.2) is 29.3 Å². The van der Waals surface area contributed by atoms with Crippen molar-refractivity contribution in [1.29, 1.82) is 0 Å². The van der Waals surface area contributed by atoms with Crippen molar-refractivity contribution >= 4 is 27.4 Å². The summed E-state index contributed by atoms with van der Waals surface area (Å²) < 4.78 is 1.81. The third-order valence-electron chi connectivity index (χ3n) is 5.92. The summed E-state index contributed by atoms with van der Waals surface area (Å²) in [6.45, 7) is 7.55. The first-order valence-electron chi connectivity index (χ1n) is 10.1. The van der Waals surface area contributed by atoms with Gasteiger partial charge in [-0.25, -0.2) is 9.97 Å². The van der Waals surface area contributed by atoms with Crippen LogP contribution >= 0.6 is 11.3 Å². The maximum atomic E-state index is 13.0. The fourth-order valence-electron chi connectivity index (χ4n) is 4.33. The number of rotatable bonds is 4. The Kier molecular flexibility index (Phi) is 4.64. The fraction of sp³-hybridized carbons (Fsp3) is 0.476. The van der Waals surface area contributed by atoms with E-state index in [1.807, 2.05) is 17.6 Å². The predicted molar refractivity (Wildman–Crippen MR) is 114 cm³/mol. The van der Waals surface area contributed by atoms with Gasteiger partial charge in [0.15, 0.2) is 0 Å². The van der Waals surface area contributed by atoms with Crippen LogP contribution < -0.4 is 10.5 Å². The van der Waals surface area contributed by atoms with Gasteiger partial charge in [0, 0.05) is 49.8 Å². The zero-order valence-electron chi connectivity index (χ0n) is 16.2. The van der Waals surface area contributed by atoms with Gasteiger partial charge in [-0.05, 0) is 43.9 Å². The highest BCUT2D eigenvalue weighted by Crippen LogP contribution is 2.34. The first-order chi connectivity index (χ1) is 13.7. The summed E-state index contributed by atoms with van der Waals surface area (Å²) in [7, 11) is 0. The quantitative estimate of drug-likeness (QED) is 0.679. The zero-order chi connectivity index (χ0) is 19.1. The summed E-state index contributed by atoms with van der Waals surface area (Å²) in [6.07, 6.45) is 5.05. The summed E-state index contributed by atoms with van der Waals surface area (Å²) in [5.41, 5.74) is 2.47. The first-order valence-corrected chi connectivity index (χ1v) is 10.9. The second-order valence-corrected chi connectivity index (χ2v) is 8.83. The molecule has 0 amide bonds. The molecule has 1 saturated heterocycles. The van der Waals surface area contributed by atoms with Gasteiger partial charge < -0.3 is 4.90 Å². The maximum absolute atomic E-state index is 13.0. The largest absolute Gasteiger partial charge is 0.354 e. The van der Waals surface area contributed by atoms with Gasteiger partial charge in [-0.2, -0.15) is 0 Å². The maximum Gasteiger partial charge on any atom is 0.262 e. The van der Waals surface area contributed by atoms with Crippen LogP contribution in [0.3, 0.4) is 0 Å². The minimum absolute atomic E-state index is 0.145. The molecule has 3 aromatic heterocycles. The third-order valence-corrected chi connectivity index (χ3v) is 7.12. The smallest absolute Gasteiger partial charge is 0.262 e. The molecular weight excluding hydrogens is 370 g/mol. The van der Waals surface area contributed by atoms with Crippen molar-refractivity contribution in [2.75, 3.05) is 37.6 Å². The Morgan fingerprint density at radius 1 is 1.11 bits per heavy atom. The molecule has 7 heteroatoms. The van der Waals surface area contributed by atoms with Gasteiger partial charge in [0.1, 0.15) is 10.6 Å². The molecule has 0 bridgehead atoms. The number of nitrogens with zero attached hydrogens (tertiary/aromatic N) is 5. The lowest BCUT2D eigenvalue weighted by molar-refractivity contribution is 0.246. The number of pyridine rings is 1. The standard InChI is InChI=1S/C21H25N5OS/c1-15-4-2-7-18(23-15)25-11-8-24(9-12-25)10-13-26-14-22-20-19(21(26)27)16-5-3-6-17(16)28-20/h2,4,7,14H,3,5-6,8-13H2,1H3. The van der Waals surface area contributed by atoms with Crippen LogP contribution in [0.2, 0.25) is 0 Å². The molecule has 0 atom stereocenters. The molecule has 28 heavy (non-hydrogen) atoms. The van der Waals surface area contributed by atoms with E-state index in [1.54, 1.807) is 17.7 Å². The van der Waals surface area contributed by atoms with E-state index >= 15 is 0 Å². The molecule has 1 fully saturated rings. The molecule has 146 valence electrons. The fourth-order valence-corrected chi connectivity index (χ4v) is 5.55. The molecule has 0 radical (unpaired) electrons. The number of thiophene rings is 1. The summed E-state index contributed by atoms with van der Waals surface area (Å²) in [4.78, 5) is 29.3. The number of fused-ring (bicyclic) bond motifs is 3. The van der Waals surface area contributed by atoms with Crippen molar-refractivity contribution in [3.05, 3.63) is 51.0 Å². The normalized spacial score (nSPS) is 17.4.